The second-order valence-corrected chi connectivity index (χ2v) is 8.67. The number of benzene rings is 2. The number of rotatable bonds is 11. The van der Waals surface area contributed by atoms with Crippen molar-refractivity contribution in [1.29, 1.82) is 0 Å². The SMILES string of the molecule is Nc1ccc(Br)cc1NCCOCC(F)(F)F.O=[N+]([O-])c1ccc(Br)cc1NCCOCC(F)(F)F. The van der Waals surface area contributed by atoms with Crippen LogP contribution in [-0.2, 0) is 9.47 Å². The van der Waals surface area contributed by atoms with E-state index < -0.39 is 30.5 Å². The maximum Gasteiger partial charge on any atom is 0.411 e. The highest BCUT2D eigenvalue weighted by molar-refractivity contribution is 9.10. The summed E-state index contributed by atoms with van der Waals surface area (Å²) in [5.41, 5.74) is 6.93. The standard InChI is InChI=1S/C10H10BrF3N2O3.C10H12BrF3N2O/c11-7-1-2-9(16(17)18)8(5-7)15-3-4-19-6-10(12,13)14;11-7-1-2-8(15)9(5-7)16-3-4-17-6-10(12,13)14/h1-2,5,15H,3-4,6H2;1-2,5,16H,3-4,6,15H2. The summed E-state index contributed by atoms with van der Waals surface area (Å²) in [5.74, 6) is 0. The molecule has 2 rings (SSSR count). The number of anilines is 3. The van der Waals surface area contributed by atoms with Crippen LogP contribution >= 0.6 is 31.9 Å². The van der Waals surface area contributed by atoms with E-state index in [-0.39, 0.29) is 37.7 Å². The highest BCUT2D eigenvalue weighted by Gasteiger charge is 2.27. The summed E-state index contributed by atoms with van der Waals surface area (Å²) in [6, 6.07) is 9.50. The number of halogens is 8. The molecule has 0 saturated carbocycles. The van der Waals surface area contributed by atoms with Gasteiger partial charge < -0.3 is 25.8 Å². The Balaban J connectivity index is 0.000000362. The number of nitrogen functional groups attached to an aromatic ring is 1. The molecule has 0 atom stereocenters. The number of nitro benzene ring substituents is 1. The zero-order valence-electron chi connectivity index (χ0n) is 18.4. The number of nitrogens with one attached hydrogen (secondary N) is 2. The van der Waals surface area contributed by atoms with Crippen LogP contribution < -0.4 is 16.4 Å². The summed E-state index contributed by atoms with van der Waals surface area (Å²) in [7, 11) is 0. The van der Waals surface area contributed by atoms with Crippen LogP contribution in [0.4, 0.5) is 49.1 Å². The second-order valence-electron chi connectivity index (χ2n) is 6.84. The highest BCUT2D eigenvalue weighted by atomic mass is 79.9. The van der Waals surface area contributed by atoms with Crippen molar-refractivity contribution >= 4 is 54.6 Å². The van der Waals surface area contributed by atoms with E-state index >= 15 is 0 Å². The van der Waals surface area contributed by atoms with E-state index in [4.69, 9.17) is 5.73 Å². The molecule has 8 nitrogen and oxygen atoms in total. The molecule has 36 heavy (non-hydrogen) atoms. The molecular weight excluding hydrogens is 634 g/mol. The van der Waals surface area contributed by atoms with Gasteiger partial charge in [0.1, 0.15) is 18.9 Å². The Morgan fingerprint density at radius 2 is 1.28 bits per heavy atom. The Morgan fingerprint density at radius 1 is 0.833 bits per heavy atom. The molecule has 0 aliphatic rings. The molecule has 2 aromatic rings. The van der Waals surface area contributed by atoms with E-state index in [0.29, 0.717) is 15.8 Å². The van der Waals surface area contributed by atoms with Crippen LogP contribution in [0.25, 0.3) is 0 Å². The van der Waals surface area contributed by atoms with Gasteiger partial charge in [0.05, 0.1) is 29.5 Å². The summed E-state index contributed by atoms with van der Waals surface area (Å²) in [6.07, 6.45) is -8.66. The van der Waals surface area contributed by atoms with Gasteiger partial charge in [0.25, 0.3) is 5.69 Å². The zero-order chi connectivity index (χ0) is 27.4. The van der Waals surface area contributed by atoms with E-state index in [1.54, 1.807) is 18.2 Å². The first-order valence-corrected chi connectivity index (χ1v) is 11.5. The third-order valence-electron chi connectivity index (χ3n) is 3.83. The Bertz CT molecular complexity index is 980. The summed E-state index contributed by atoms with van der Waals surface area (Å²) in [4.78, 5) is 10.1. The molecule has 4 N–H and O–H groups in total. The molecular formula is C20H22Br2F6N4O4. The van der Waals surface area contributed by atoms with Gasteiger partial charge in [0, 0.05) is 28.1 Å². The lowest BCUT2D eigenvalue weighted by atomic mass is 10.2. The molecule has 0 fully saturated rings. The van der Waals surface area contributed by atoms with Crippen molar-refractivity contribution in [3.05, 3.63) is 55.5 Å². The van der Waals surface area contributed by atoms with Crippen LogP contribution in [0.15, 0.2) is 45.3 Å². The summed E-state index contributed by atoms with van der Waals surface area (Å²) in [5, 5.41) is 16.3. The molecule has 202 valence electrons. The van der Waals surface area contributed by atoms with E-state index in [2.05, 4.69) is 52.0 Å². The molecule has 0 aromatic heterocycles. The summed E-state index contributed by atoms with van der Waals surface area (Å²) < 4.78 is 80.9. The van der Waals surface area contributed by atoms with Gasteiger partial charge in [0.2, 0.25) is 0 Å². The Hall–Kier alpha value is -2.30. The smallest absolute Gasteiger partial charge is 0.397 e. The van der Waals surface area contributed by atoms with Crippen LogP contribution in [0.1, 0.15) is 0 Å². The van der Waals surface area contributed by atoms with Crippen LogP contribution in [-0.4, -0.2) is 56.8 Å². The van der Waals surface area contributed by atoms with Gasteiger partial charge in [-0.3, -0.25) is 10.1 Å². The van der Waals surface area contributed by atoms with Crippen molar-refractivity contribution < 1.29 is 40.7 Å². The lowest BCUT2D eigenvalue weighted by Crippen LogP contribution is -2.20. The van der Waals surface area contributed by atoms with E-state index in [1.165, 1.54) is 18.2 Å². The number of nitrogens with zero attached hydrogens (tertiary/aromatic N) is 1. The minimum Gasteiger partial charge on any atom is -0.397 e. The first-order chi connectivity index (χ1) is 16.7. The molecule has 0 heterocycles. The first-order valence-electron chi connectivity index (χ1n) is 9.93. The maximum atomic E-state index is 11.8. The van der Waals surface area contributed by atoms with Gasteiger partial charge in [-0.25, -0.2) is 0 Å². The molecule has 0 aliphatic heterocycles. The average molecular weight is 656 g/mol. The minimum absolute atomic E-state index is 0.0351. The van der Waals surface area contributed by atoms with Crippen LogP contribution in [0.5, 0.6) is 0 Å². The molecule has 0 radical (unpaired) electrons. The zero-order valence-corrected chi connectivity index (χ0v) is 21.6. The van der Waals surface area contributed by atoms with Gasteiger partial charge in [-0.2, -0.15) is 26.3 Å². The maximum absolute atomic E-state index is 11.8. The summed E-state index contributed by atoms with van der Waals surface area (Å²) in [6.45, 7) is -2.52. The second kappa shape index (κ2) is 15.1. The topological polar surface area (TPSA) is 112 Å². The molecule has 0 aliphatic carbocycles. The molecule has 0 amide bonds. The molecule has 0 unspecified atom stereocenters. The lowest BCUT2D eigenvalue weighted by molar-refractivity contribution is -0.384. The predicted molar refractivity (Wildman–Crippen MR) is 130 cm³/mol. The number of nitro groups is 1. The van der Waals surface area contributed by atoms with Gasteiger partial charge in [-0.1, -0.05) is 31.9 Å². The van der Waals surface area contributed by atoms with Crippen molar-refractivity contribution in [3.8, 4) is 0 Å². The van der Waals surface area contributed by atoms with Crippen LogP contribution in [0.2, 0.25) is 0 Å². The fourth-order valence-corrected chi connectivity index (χ4v) is 3.10. The molecule has 2 aromatic carbocycles. The monoisotopic (exact) mass is 654 g/mol. The Morgan fingerprint density at radius 3 is 1.75 bits per heavy atom. The molecule has 16 heteroatoms. The Kier molecular flexibility index (Phi) is 13.3. The fourth-order valence-electron chi connectivity index (χ4n) is 2.38. The largest absolute Gasteiger partial charge is 0.411 e. The lowest BCUT2D eigenvalue weighted by Gasteiger charge is -2.11. The number of hydrogen-bond acceptors (Lipinski definition) is 7. The van der Waals surface area contributed by atoms with E-state index in [1.807, 2.05) is 0 Å². The fraction of sp³-hybridized carbons (Fsp3) is 0.400. The van der Waals surface area contributed by atoms with Gasteiger partial charge in [-0.05, 0) is 30.3 Å². The van der Waals surface area contributed by atoms with Crippen molar-refractivity contribution in [3.63, 3.8) is 0 Å². The number of hydrogen-bond donors (Lipinski definition) is 3. The molecule has 0 bridgehead atoms. The predicted octanol–water partition coefficient (Wildman–Crippen LogP) is 6.37. The van der Waals surface area contributed by atoms with Gasteiger partial charge in [0.15, 0.2) is 0 Å². The quantitative estimate of drug-likeness (QED) is 0.0848. The minimum atomic E-state index is -4.37. The number of nitrogens with two attached hydrogens (primary N) is 1. The molecule has 0 spiro atoms. The van der Waals surface area contributed by atoms with Crippen molar-refractivity contribution in [2.45, 2.75) is 12.4 Å². The molecule has 0 saturated heterocycles. The van der Waals surface area contributed by atoms with Crippen molar-refractivity contribution in [2.24, 2.45) is 0 Å². The number of ether oxygens (including phenoxy) is 2. The van der Waals surface area contributed by atoms with Gasteiger partial charge in [-0.15, -0.1) is 0 Å². The third-order valence-corrected chi connectivity index (χ3v) is 4.81. The van der Waals surface area contributed by atoms with Gasteiger partial charge >= 0.3 is 12.4 Å². The highest BCUT2D eigenvalue weighted by Crippen LogP contribution is 2.27. The normalized spacial score (nSPS) is 11.4. The van der Waals surface area contributed by atoms with E-state index in [9.17, 15) is 36.5 Å². The van der Waals surface area contributed by atoms with Crippen molar-refractivity contribution in [1.82, 2.24) is 0 Å². The van der Waals surface area contributed by atoms with E-state index in [0.717, 1.165) is 4.47 Å². The first kappa shape index (κ1) is 31.7. The summed E-state index contributed by atoms with van der Waals surface area (Å²) >= 11 is 6.42. The average Bonchev–Trinajstić information content (AvgIpc) is 2.74. The van der Waals surface area contributed by atoms with Crippen molar-refractivity contribution in [2.75, 3.05) is 55.9 Å². The Labute approximate surface area is 218 Å². The number of alkyl halides is 6. The third kappa shape index (κ3) is 14.3. The van der Waals surface area contributed by atoms with Crippen LogP contribution in [0, 0.1) is 10.1 Å². The van der Waals surface area contributed by atoms with Crippen LogP contribution in [0.3, 0.4) is 0 Å².